The summed E-state index contributed by atoms with van der Waals surface area (Å²) in [5.74, 6) is 0. The molecule has 4 aromatic rings. The van der Waals surface area contributed by atoms with Crippen molar-refractivity contribution in [3.05, 3.63) is 78.1 Å². The molecule has 3 heteroatoms. The number of rotatable bonds is 6. The molecule has 2 nitrogen and oxygen atoms in total. The second-order valence-electron chi connectivity index (χ2n) is 9.59. The van der Waals surface area contributed by atoms with Crippen molar-refractivity contribution in [3.63, 3.8) is 0 Å². The predicted octanol–water partition coefficient (Wildman–Crippen LogP) is 8.38. The molecule has 0 spiro atoms. The molecule has 0 aliphatic carbocycles. The number of fused-ring (bicyclic) bond motifs is 2. The minimum atomic E-state index is -1.82. The Bertz CT molecular complexity index is 1210. The zero-order valence-corrected chi connectivity index (χ0v) is 20.6. The van der Waals surface area contributed by atoms with Crippen molar-refractivity contribution in [2.75, 3.05) is 0 Å². The standard InChI is InChI=1S/C28H34N2Si/c1-20(2)31(21(3)4,22(5)6)30-19-24(26-12-8-10-14-28(26)30)16-18-25-17-15-23-11-7-9-13-27(23)29-25/h7-22H,1-6H3/b18-16+. The number of pyridine rings is 1. The highest BCUT2D eigenvalue weighted by Crippen LogP contribution is 2.45. The molecule has 160 valence electrons. The third kappa shape index (κ3) is 3.65. The highest BCUT2D eigenvalue weighted by molar-refractivity contribution is 6.82. The number of benzene rings is 2. The summed E-state index contributed by atoms with van der Waals surface area (Å²) in [6.07, 6.45) is 6.83. The van der Waals surface area contributed by atoms with E-state index in [9.17, 15) is 0 Å². The van der Waals surface area contributed by atoms with Gasteiger partial charge in [-0.1, -0.05) is 90.1 Å². The molecule has 0 unspecified atom stereocenters. The van der Waals surface area contributed by atoms with E-state index in [1.807, 2.05) is 6.07 Å². The molecular formula is C28H34N2Si. The Morgan fingerprint density at radius 1 is 0.742 bits per heavy atom. The van der Waals surface area contributed by atoms with Crippen molar-refractivity contribution in [3.8, 4) is 0 Å². The summed E-state index contributed by atoms with van der Waals surface area (Å²) < 4.78 is 2.70. The van der Waals surface area contributed by atoms with E-state index in [0.717, 1.165) is 11.2 Å². The lowest BCUT2D eigenvalue weighted by Gasteiger charge is -2.44. The van der Waals surface area contributed by atoms with E-state index in [-0.39, 0.29) is 0 Å². The molecule has 0 saturated carbocycles. The van der Waals surface area contributed by atoms with Crippen LogP contribution in [-0.4, -0.2) is 17.5 Å². The molecule has 31 heavy (non-hydrogen) atoms. The van der Waals surface area contributed by atoms with Gasteiger partial charge in [0, 0.05) is 22.5 Å². The fraction of sp³-hybridized carbons (Fsp3) is 0.321. The summed E-state index contributed by atoms with van der Waals surface area (Å²) >= 11 is 0. The zero-order chi connectivity index (χ0) is 22.2. The van der Waals surface area contributed by atoms with Crippen LogP contribution in [0.15, 0.2) is 66.9 Å². The van der Waals surface area contributed by atoms with Crippen molar-refractivity contribution in [2.45, 2.75) is 58.2 Å². The zero-order valence-electron chi connectivity index (χ0n) is 19.6. The number of aromatic nitrogens is 2. The summed E-state index contributed by atoms with van der Waals surface area (Å²) in [6, 6.07) is 21.4. The first-order chi connectivity index (χ1) is 14.9. The minimum absolute atomic E-state index is 0.655. The van der Waals surface area contributed by atoms with Gasteiger partial charge in [0.15, 0.2) is 8.24 Å². The van der Waals surface area contributed by atoms with Crippen molar-refractivity contribution >= 4 is 42.2 Å². The maximum Gasteiger partial charge on any atom is 0.169 e. The second kappa shape index (κ2) is 8.47. The smallest absolute Gasteiger partial charge is 0.169 e. The van der Waals surface area contributed by atoms with Gasteiger partial charge in [0.1, 0.15) is 0 Å². The Balaban J connectivity index is 1.85. The molecule has 0 saturated heterocycles. The molecule has 0 atom stereocenters. The molecule has 0 bridgehead atoms. The van der Waals surface area contributed by atoms with E-state index in [2.05, 4.69) is 119 Å². The van der Waals surface area contributed by atoms with Crippen LogP contribution >= 0.6 is 0 Å². The van der Waals surface area contributed by atoms with Crippen LogP contribution in [0.1, 0.15) is 52.8 Å². The van der Waals surface area contributed by atoms with E-state index < -0.39 is 8.24 Å². The molecule has 0 amide bonds. The lowest BCUT2D eigenvalue weighted by atomic mass is 10.1. The summed E-state index contributed by atoms with van der Waals surface area (Å²) in [5.41, 5.74) is 6.65. The Morgan fingerprint density at radius 2 is 1.39 bits per heavy atom. The normalized spacial score (nSPS) is 12.9. The molecule has 0 aliphatic heterocycles. The first-order valence-corrected chi connectivity index (χ1v) is 13.7. The van der Waals surface area contributed by atoms with Gasteiger partial charge in [0.05, 0.1) is 11.2 Å². The first kappa shape index (κ1) is 21.6. The van der Waals surface area contributed by atoms with Crippen LogP contribution < -0.4 is 0 Å². The Labute approximate surface area is 187 Å². The highest BCUT2D eigenvalue weighted by Gasteiger charge is 2.45. The maximum atomic E-state index is 4.83. The summed E-state index contributed by atoms with van der Waals surface area (Å²) in [4.78, 5) is 4.83. The molecule has 0 N–H and O–H groups in total. The number of hydrogen-bond donors (Lipinski definition) is 0. The van der Waals surface area contributed by atoms with Crippen LogP contribution in [0, 0.1) is 0 Å². The predicted molar refractivity (Wildman–Crippen MR) is 139 cm³/mol. The van der Waals surface area contributed by atoms with Crippen molar-refractivity contribution in [1.82, 2.24) is 9.22 Å². The number of para-hydroxylation sites is 2. The topological polar surface area (TPSA) is 17.8 Å². The second-order valence-corrected chi connectivity index (χ2v) is 15.3. The van der Waals surface area contributed by atoms with Gasteiger partial charge >= 0.3 is 0 Å². The van der Waals surface area contributed by atoms with Gasteiger partial charge in [-0.2, -0.15) is 0 Å². The average molecular weight is 427 g/mol. The molecule has 2 heterocycles. The van der Waals surface area contributed by atoms with E-state index >= 15 is 0 Å². The van der Waals surface area contributed by atoms with Crippen LogP contribution in [0.3, 0.4) is 0 Å². The van der Waals surface area contributed by atoms with Crippen molar-refractivity contribution < 1.29 is 0 Å². The quantitative estimate of drug-likeness (QED) is 0.283. The molecule has 2 aromatic heterocycles. The monoisotopic (exact) mass is 426 g/mol. The van der Waals surface area contributed by atoms with Crippen molar-refractivity contribution in [1.29, 1.82) is 0 Å². The van der Waals surface area contributed by atoms with Crippen LogP contribution in [0.25, 0.3) is 34.0 Å². The Hall–Kier alpha value is -2.65. The van der Waals surface area contributed by atoms with Crippen LogP contribution in [0.2, 0.25) is 16.6 Å². The van der Waals surface area contributed by atoms with Crippen LogP contribution in [0.4, 0.5) is 0 Å². The number of nitrogens with zero attached hydrogens (tertiary/aromatic N) is 2. The maximum absolute atomic E-state index is 4.83. The third-order valence-corrected chi connectivity index (χ3v) is 13.7. The molecule has 0 radical (unpaired) electrons. The Kier molecular flexibility index (Phi) is 5.89. The fourth-order valence-corrected chi connectivity index (χ4v) is 12.5. The molecular weight excluding hydrogens is 392 g/mol. The summed E-state index contributed by atoms with van der Waals surface area (Å²) in [7, 11) is -1.82. The largest absolute Gasteiger partial charge is 0.373 e. The van der Waals surface area contributed by atoms with Gasteiger partial charge in [-0.15, -0.1) is 0 Å². The van der Waals surface area contributed by atoms with E-state index in [4.69, 9.17) is 4.98 Å². The van der Waals surface area contributed by atoms with E-state index in [1.165, 1.54) is 21.9 Å². The van der Waals surface area contributed by atoms with Gasteiger partial charge in [-0.25, -0.2) is 4.98 Å². The van der Waals surface area contributed by atoms with Gasteiger partial charge < -0.3 is 4.23 Å². The van der Waals surface area contributed by atoms with Gasteiger partial charge in [-0.3, -0.25) is 0 Å². The van der Waals surface area contributed by atoms with E-state index in [0.29, 0.717) is 16.6 Å². The lowest BCUT2D eigenvalue weighted by Crippen LogP contribution is -2.51. The molecule has 0 aliphatic rings. The number of hydrogen-bond acceptors (Lipinski definition) is 1. The SMILES string of the molecule is CC(C)[Si](C(C)C)(C(C)C)n1cc(/C=C/c2ccc3ccccc3n2)c2ccccc21. The van der Waals surface area contributed by atoms with Gasteiger partial charge in [-0.05, 0) is 46.5 Å². The third-order valence-electron chi connectivity index (χ3n) is 6.99. The average Bonchev–Trinajstić information content (AvgIpc) is 3.11. The Morgan fingerprint density at radius 3 is 2.10 bits per heavy atom. The van der Waals surface area contributed by atoms with E-state index in [1.54, 1.807) is 0 Å². The molecule has 0 fully saturated rings. The first-order valence-electron chi connectivity index (χ1n) is 11.5. The minimum Gasteiger partial charge on any atom is -0.373 e. The highest BCUT2D eigenvalue weighted by atomic mass is 28.3. The molecule has 2 aromatic carbocycles. The van der Waals surface area contributed by atoms with Crippen molar-refractivity contribution in [2.24, 2.45) is 0 Å². The fourth-order valence-electron chi connectivity index (χ4n) is 5.84. The van der Waals surface area contributed by atoms with Gasteiger partial charge in [0.2, 0.25) is 0 Å². The van der Waals surface area contributed by atoms with Gasteiger partial charge in [0.25, 0.3) is 0 Å². The van der Waals surface area contributed by atoms with Crippen LogP contribution in [0.5, 0.6) is 0 Å². The van der Waals surface area contributed by atoms with Crippen LogP contribution in [-0.2, 0) is 0 Å². The summed E-state index contributed by atoms with van der Waals surface area (Å²) in [6.45, 7) is 14.6. The molecule has 4 rings (SSSR count). The lowest BCUT2D eigenvalue weighted by molar-refractivity contribution is 0.773. The summed E-state index contributed by atoms with van der Waals surface area (Å²) in [5, 5.41) is 2.51.